The summed E-state index contributed by atoms with van der Waals surface area (Å²) in [6.07, 6.45) is 3.01. The normalized spacial score (nSPS) is 15.2. The number of phenolic OH excluding ortho intramolecular Hbond substituents is 1. The maximum Gasteiger partial charge on any atom is 0.323 e. The summed E-state index contributed by atoms with van der Waals surface area (Å²) in [7, 11) is 4.17. The van der Waals surface area contributed by atoms with Crippen LogP contribution >= 0.6 is 0 Å². The van der Waals surface area contributed by atoms with Gasteiger partial charge in [-0.15, -0.1) is 0 Å². The summed E-state index contributed by atoms with van der Waals surface area (Å²) in [5.74, 6) is 2.12. The third-order valence-corrected chi connectivity index (χ3v) is 5.61. The number of fused-ring (bicyclic) bond motifs is 1. The third-order valence-electron chi connectivity index (χ3n) is 5.61. The lowest BCUT2D eigenvalue weighted by molar-refractivity contribution is 0.262. The van der Waals surface area contributed by atoms with Gasteiger partial charge in [0.2, 0.25) is 0 Å². The first-order chi connectivity index (χ1) is 15.5. The lowest BCUT2D eigenvalue weighted by Crippen LogP contribution is -2.26. The molecule has 0 heterocycles. The van der Waals surface area contributed by atoms with Crippen molar-refractivity contribution in [3.63, 3.8) is 0 Å². The van der Waals surface area contributed by atoms with E-state index in [1.807, 2.05) is 36.4 Å². The number of aryl methyl sites for hydroxylation is 1. The van der Waals surface area contributed by atoms with Gasteiger partial charge in [-0.25, -0.2) is 4.79 Å². The molecule has 0 aromatic heterocycles. The Morgan fingerprint density at radius 2 is 1.72 bits per heavy atom. The summed E-state index contributed by atoms with van der Waals surface area (Å²) in [5.41, 5.74) is 3.42. The number of rotatable bonds is 6. The SMILES string of the molecule is CN(C)CC1CCc2cc(NC(=O)Nc3ccc(Oc4ccccc4)cc3)c(O)cc2C1. The first kappa shape index (κ1) is 21.7. The van der Waals surface area contributed by atoms with Crippen LogP contribution in [0.1, 0.15) is 17.5 Å². The Bertz CT molecular complexity index is 1070. The van der Waals surface area contributed by atoms with Gasteiger partial charge in [-0.05, 0) is 98.9 Å². The predicted molar refractivity (Wildman–Crippen MR) is 128 cm³/mol. The molecule has 3 aromatic rings. The van der Waals surface area contributed by atoms with E-state index in [2.05, 4.69) is 29.6 Å². The summed E-state index contributed by atoms with van der Waals surface area (Å²) in [5, 5.41) is 16.0. The molecule has 0 fully saturated rings. The molecular weight excluding hydrogens is 402 g/mol. The van der Waals surface area contributed by atoms with Gasteiger partial charge in [0.1, 0.15) is 17.2 Å². The van der Waals surface area contributed by atoms with Gasteiger partial charge in [-0.3, -0.25) is 0 Å². The molecule has 0 radical (unpaired) electrons. The van der Waals surface area contributed by atoms with Crippen LogP contribution in [0.5, 0.6) is 17.2 Å². The number of anilines is 2. The van der Waals surface area contributed by atoms with Crippen LogP contribution < -0.4 is 15.4 Å². The van der Waals surface area contributed by atoms with Gasteiger partial charge in [0.25, 0.3) is 0 Å². The maximum absolute atomic E-state index is 12.5. The molecule has 3 N–H and O–H groups in total. The molecule has 1 unspecified atom stereocenters. The molecule has 4 rings (SSSR count). The Morgan fingerprint density at radius 3 is 2.44 bits per heavy atom. The second kappa shape index (κ2) is 9.75. The van der Waals surface area contributed by atoms with E-state index in [0.29, 0.717) is 23.0 Å². The van der Waals surface area contributed by atoms with Crippen molar-refractivity contribution >= 4 is 17.4 Å². The van der Waals surface area contributed by atoms with E-state index in [9.17, 15) is 9.90 Å². The van der Waals surface area contributed by atoms with Gasteiger partial charge in [0.15, 0.2) is 0 Å². The largest absolute Gasteiger partial charge is 0.506 e. The van der Waals surface area contributed by atoms with Crippen LogP contribution in [0, 0.1) is 5.92 Å². The Labute approximate surface area is 188 Å². The molecule has 1 aliphatic carbocycles. The number of nitrogens with zero attached hydrogens (tertiary/aromatic N) is 1. The van der Waals surface area contributed by atoms with Crippen LogP contribution in [0.15, 0.2) is 66.7 Å². The molecule has 166 valence electrons. The summed E-state index contributed by atoms with van der Waals surface area (Å²) in [6, 6.07) is 19.9. The van der Waals surface area contributed by atoms with Crippen LogP contribution in [-0.4, -0.2) is 36.7 Å². The maximum atomic E-state index is 12.5. The zero-order chi connectivity index (χ0) is 22.5. The number of amides is 2. The van der Waals surface area contributed by atoms with Crippen LogP contribution in [0.25, 0.3) is 0 Å². The highest BCUT2D eigenvalue weighted by Crippen LogP contribution is 2.34. The van der Waals surface area contributed by atoms with Gasteiger partial charge >= 0.3 is 6.03 Å². The molecule has 0 saturated carbocycles. The quantitative estimate of drug-likeness (QED) is 0.451. The van der Waals surface area contributed by atoms with Gasteiger partial charge in [0.05, 0.1) is 5.69 Å². The van der Waals surface area contributed by atoms with Crippen molar-refractivity contribution in [2.75, 3.05) is 31.3 Å². The second-order valence-electron chi connectivity index (χ2n) is 8.53. The summed E-state index contributed by atoms with van der Waals surface area (Å²) >= 11 is 0. The van der Waals surface area contributed by atoms with E-state index in [1.165, 1.54) is 11.1 Å². The predicted octanol–water partition coefficient (Wildman–Crippen LogP) is 5.50. The number of hydrogen-bond donors (Lipinski definition) is 3. The summed E-state index contributed by atoms with van der Waals surface area (Å²) in [4.78, 5) is 14.7. The Balaban J connectivity index is 1.36. The van der Waals surface area contributed by atoms with Gasteiger partial charge in [-0.1, -0.05) is 18.2 Å². The van der Waals surface area contributed by atoms with E-state index in [1.54, 1.807) is 30.3 Å². The first-order valence-electron chi connectivity index (χ1n) is 10.9. The molecule has 6 nitrogen and oxygen atoms in total. The average molecular weight is 432 g/mol. The van der Waals surface area contributed by atoms with Crippen molar-refractivity contribution in [3.05, 3.63) is 77.9 Å². The highest BCUT2D eigenvalue weighted by atomic mass is 16.5. The monoisotopic (exact) mass is 431 g/mol. The van der Waals surface area contributed by atoms with Crippen LogP contribution in [0.3, 0.4) is 0 Å². The van der Waals surface area contributed by atoms with Crippen LogP contribution in [0.4, 0.5) is 16.2 Å². The van der Waals surface area contributed by atoms with E-state index in [-0.39, 0.29) is 5.75 Å². The molecule has 3 aromatic carbocycles. The minimum atomic E-state index is -0.404. The van der Waals surface area contributed by atoms with Gasteiger partial charge in [0, 0.05) is 12.2 Å². The number of phenols is 1. The molecule has 0 aliphatic heterocycles. The fourth-order valence-electron chi connectivity index (χ4n) is 4.16. The lowest BCUT2D eigenvalue weighted by atomic mass is 9.83. The van der Waals surface area contributed by atoms with Crippen molar-refractivity contribution < 1.29 is 14.6 Å². The van der Waals surface area contributed by atoms with E-state index >= 15 is 0 Å². The molecule has 1 atom stereocenters. The lowest BCUT2D eigenvalue weighted by Gasteiger charge is -2.27. The highest BCUT2D eigenvalue weighted by Gasteiger charge is 2.21. The topological polar surface area (TPSA) is 73.8 Å². The highest BCUT2D eigenvalue weighted by molar-refractivity contribution is 6.00. The van der Waals surface area contributed by atoms with E-state index < -0.39 is 6.03 Å². The number of carbonyl (C=O) groups is 1. The van der Waals surface area contributed by atoms with E-state index in [4.69, 9.17) is 4.74 Å². The third kappa shape index (κ3) is 5.59. The molecule has 6 heteroatoms. The number of nitrogens with one attached hydrogen (secondary N) is 2. The molecular formula is C26H29N3O3. The van der Waals surface area contributed by atoms with Crippen molar-refractivity contribution in [2.24, 2.45) is 5.92 Å². The number of benzene rings is 3. The van der Waals surface area contributed by atoms with Gasteiger partial charge < -0.3 is 25.4 Å². The number of aromatic hydroxyl groups is 1. The fourth-order valence-corrected chi connectivity index (χ4v) is 4.16. The molecule has 1 aliphatic rings. The Morgan fingerprint density at radius 1 is 1.00 bits per heavy atom. The van der Waals surface area contributed by atoms with Crippen molar-refractivity contribution in [1.29, 1.82) is 0 Å². The Kier molecular flexibility index (Phi) is 6.61. The number of urea groups is 1. The average Bonchev–Trinajstić information content (AvgIpc) is 2.76. The van der Waals surface area contributed by atoms with Crippen molar-refractivity contribution in [1.82, 2.24) is 4.90 Å². The molecule has 0 saturated heterocycles. The number of hydrogen-bond acceptors (Lipinski definition) is 4. The van der Waals surface area contributed by atoms with Crippen LogP contribution in [-0.2, 0) is 12.8 Å². The fraction of sp³-hybridized carbons (Fsp3) is 0.269. The first-order valence-corrected chi connectivity index (χ1v) is 10.9. The Hall–Kier alpha value is -3.51. The number of ether oxygens (including phenoxy) is 1. The van der Waals surface area contributed by atoms with E-state index in [0.717, 1.165) is 31.6 Å². The zero-order valence-electron chi connectivity index (χ0n) is 18.5. The standard InChI is InChI=1S/C26H29N3O3/c1-29(2)17-18-8-9-19-15-24(25(30)16-20(19)14-18)28-26(31)27-21-10-12-23(13-11-21)32-22-6-4-3-5-7-22/h3-7,10-13,15-16,18,30H,8-9,14,17H2,1-2H3,(H2,27,28,31). The summed E-state index contributed by atoms with van der Waals surface area (Å²) in [6.45, 7) is 1.04. The zero-order valence-corrected chi connectivity index (χ0v) is 18.5. The smallest absolute Gasteiger partial charge is 0.323 e. The van der Waals surface area contributed by atoms with Crippen molar-refractivity contribution in [2.45, 2.75) is 19.3 Å². The minimum absolute atomic E-state index is 0.0935. The van der Waals surface area contributed by atoms with Crippen molar-refractivity contribution in [3.8, 4) is 17.2 Å². The molecule has 32 heavy (non-hydrogen) atoms. The number of carbonyl (C=O) groups excluding carboxylic acids is 1. The number of para-hydroxylation sites is 1. The molecule has 2 amide bonds. The molecule has 0 spiro atoms. The summed E-state index contributed by atoms with van der Waals surface area (Å²) < 4.78 is 5.77. The van der Waals surface area contributed by atoms with Crippen LogP contribution in [0.2, 0.25) is 0 Å². The second-order valence-corrected chi connectivity index (χ2v) is 8.53. The van der Waals surface area contributed by atoms with Gasteiger partial charge in [-0.2, -0.15) is 0 Å². The minimum Gasteiger partial charge on any atom is -0.506 e. The molecule has 0 bridgehead atoms.